The predicted molar refractivity (Wildman–Crippen MR) is 125 cm³/mol. The van der Waals surface area contributed by atoms with Crippen LogP contribution in [-0.2, 0) is 0 Å². The van der Waals surface area contributed by atoms with Gasteiger partial charge >= 0.3 is 0 Å². The summed E-state index contributed by atoms with van der Waals surface area (Å²) >= 11 is 5.22. The maximum Gasteiger partial charge on any atom is 0.261 e. The summed E-state index contributed by atoms with van der Waals surface area (Å²) in [5.74, 6) is -0.0845. The summed E-state index contributed by atoms with van der Waals surface area (Å²) in [5.41, 5.74) is 2.59. The number of carbonyl (C=O) groups excluding carboxylic acids is 2. The Balaban J connectivity index is 1.56. The Morgan fingerprint density at radius 1 is 0.871 bits per heavy atom. The van der Waals surface area contributed by atoms with Gasteiger partial charge in [-0.15, -0.1) is 0 Å². The largest absolute Gasteiger partial charge is 0.496 e. The lowest BCUT2D eigenvalue weighted by Crippen LogP contribution is -2.34. The molecule has 0 bridgehead atoms. The van der Waals surface area contributed by atoms with Crippen LogP contribution in [0.5, 0.6) is 5.75 Å². The molecule has 31 heavy (non-hydrogen) atoms. The number of nitrogens with one attached hydrogen (secondary N) is 3. The van der Waals surface area contributed by atoms with Crippen molar-refractivity contribution in [3.8, 4) is 5.75 Å². The van der Waals surface area contributed by atoms with Gasteiger partial charge in [0.15, 0.2) is 5.11 Å². The molecule has 0 radical (unpaired) electrons. The highest BCUT2D eigenvalue weighted by molar-refractivity contribution is 7.80. The summed E-state index contributed by atoms with van der Waals surface area (Å²) in [7, 11) is 1.50. The summed E-state index contributed by atoms with van der Waals surface area (Å²) in [5, 5.41) is 8.68. The Morgan fingerprint density at radius 2 is 1.52 bits per heavy atom. The standard InChI is InChI=1S/C24H23N3O3S/c1-16(17-8-4-3-5-9-17)25-22(28)18-12-14-19(15-13-18)26-24(31)27-23(29)20-10-6-7-11-21(20)30-2/h3-16H,1-2H3,(H,25,28)(H2,26,27,29,31). The van der Waals surface area contributed by atoms with E-state index in [9.17, 15) is 9.59 Å². The molecule has 0 aliphatic carbocycles. The number of hydrogen-bond acceptors (Lipinski definition) is 4. The van der Waals surface area contributed by atoms with Crippen LogP contribution in [-0.4, -0.2) is 24.0 Å². The smallest absolute Gasteiger partial charge is 0.261 e. The minimum Gasteiger partial charge on any atom is -0.496 e. The zero-order valence-corrected chi connectivity index (χ0v) is 18.0. The van der Waals surface area contributed by atoms with Crippen LogP contribution < -0.4 is 20.7 Å². The maximum absolute atomic E-state index is 12.5. The molecule has 0 aliphatic heterocycles. The summed E-state index contributed by atoms with van der Waals surface area (Å²) in [6.07, 6.45) is 0. The zero-order valence-electron chi connectivity index (χ0n) is 17.2. The molecule has 0 fully saturated rings. The van der Waals surface area contributed by atoms with Crippen LogP contribution in [0.1, 0.15) is 39.2 Å². The van der Waals surface area contributed by atoms with Gasteiger partial charge in [0.05, 0.1) is 18.7 Å². The number of ether oxygens (including phenoxy) is 1. The molecule has 1 unspecified atom stereocenters. The third-order valence-corrected chi connectivity index (χ3v) is 4.83. The lowest BCUT2D eigenvalue weighted by Gasteiger charge is -2.15. The molecule has 3 aromatic carbocycles. The number of benzene rings is 3. The lowest BCUT2D eigenvalue weighted by atomic mass is 10.1. The van der Waals surface area contributed by atoms with Gasteiger partial charge in [-0.05, 0) is 61.1 Å². The fourth-order valence-corrected chi connectivity index (χ4v) is 3.19. The number of carbonyl (C=O) groups is 2. The van der Waals surface area contributed by atoms with Crippen LogP contribution in [0.25, 0.3) is 0 Å². The third kappa shape index (κ3) is 5.90. The van der Waals surface area contributed by atoms with Crippen molar-refractivity contribution in [3.05, 3.63) is 95.6 Å². The van der Waals surface area contributed by atoms with Gasteiger partial charge in [-0.3, -0.25) is 14.9 Å². The summed E-state index contributed by atoms with van der Waals surface area (Å²) in [6, 6.07) is 23.4. The first kappa shape index (κ1) is 22.0. The molecule has 3 rings (SSSR count). The van der Waals surface area contributed by atoms with E-state index in [0.717, 1.165) is 5.56 Å². The molecule has 0 spiro atoms. The Kier molecular flexibility index (Phi) is 7.35. The van der Waals surface area contributed by atoms with E-state index in [2.05, 4.69) is 16.0 Å². The summed E-state index contributed by atoms with van der Waals surface area (Å²) in [6.45, 7) is 1.94. The molecule has 0 heterocycles. The minimum atomic E-state index is -0.374. The van der Waals surface area contributed by atoms with Gasteiger partial charge in [-0.2, -0.15) is 0 Å². The topological polar surface area (TPSA) is 79.5 Å². The van der Waals surface area contributed by atoms with Crippen molar-refractivity contribution in [1.29, 1.82) is 0 Å². The maximum atomic E-state index is 12.5. The monoisotopic (exact) mass is 433 g/mol. The van der Waals surface area contributed by atoms with Crippen molar-refractivity contribution < 1.29 is 14.3 Å². The Bertz CT molecular complexity index is 1070. The molecule has 6 nitrogen and oxygen atoms in total. The first-order valence-electron chi connectivity index (χ1n) is 9.69. The molecule has 0 saturated carbocycles. The average Bonchev–Trinajstić information content (AvgIpc) is 2.79. The second kappa shape index (κ2) is 10.4. The van der Waals surface area contributed by atoms with E-state index in [4.69, 9.17) is 17.0 Å². The molecule has 158 valence electrons. The molecule has 7 heteroatoms. The second-order valence-corrected chi connectivity index (χ2v) is 7.20. The van der Waals surface area contributed by atoms with E-state index in [0.29, 0.717) is 22.6 Å². The molecule has 0 aliphatic rings. The molecule has 1 atom stereocenters. The second-order valence-electron chi connectivity index (χ2n) is 6.79. The van der Waals surface area contributed by atoms with Gasteiger partial charge < -0.3 is 15.4 Å². The van der Waals surface area contributed by atoms with Gasteiger partial charge in [-0.25, -0.2) is 0 Å². The highest BCUT2D eigenvalue weighted by atomic mass is 32.1. The lowest BCUT2D eigenvalue weighted by molar-refractivity contribution is 0.0938. The summed E-state index contributed by atoms with van der Waals surface area (Å²) in [4.78, 5) is 24.9. The van der Waals surface area contributed by atoms with E-state index in [1.165, 1.54) is 7.11 Å². The van der Waals surface area contributed by atoms with E-state index < -0.39 is 0 Å². The molecule has 0 saturated heterocycles. The van der Waals surface area contributed by atoms with Gasteiger partial charge in [0.1, 0.15) is 5.75 Å². The van der Waals surface area contributed by atoms with Crippen LogP contribution >= 0.6 is 12.2 Å². The quantitative estimate of drug-likeness (QED) is 0.505. The van der Waals surface area contributed by atoms with Gasteiger partial charge in [0, 0.05) is 11.3 Å². The normalized spacial score (nSPS) is 11.2. The van der Waals surface area contributed by atoms with Crippen LogP contribution in [0.4, 0.5) is 5.69 Å². The van der Waals surface area contributed by atoms with Crippen molar-refractivity contribution in [2.24, 2.45) is 0 Å². The molecule has 3 aromatic rings. The number of amides is 2. The van der Waals surface area contributed by atoms with Crippen LogP contribution in [0, 0.1) is 0 Å². The number of anilines is 1. The SMILES string of the molecule is COc1ccccc1C(=O)NC(=S)Nc1ccc(C(=O)NC(C)c2ccccc2)cc1. The zero-order chi connectivity index (χ0) is 22.2. The predicted octanol–water partition coefficient (Wildman–Crippen LogP) is 4.31. The van der Waals surface area contributed by atoms with Crippen molar-refractivity contribution in [1.82, 2.24) is 10.6 Å². The molecule has 0 aromatic heterocycles. The van der Waals surface area contributed by atoms with Crippen molar-refractivity contribution in [2.75, 3.05) is 12.4 Å². The van der Waals surface area contributed by atoms with Gasteiger partial charge in [-0.1, -0.05) is 42.5 Å². The Labute approximate surface area is 186 Å². The molecular weight excluding hydrogens is 410 g/mol. The molecule has 2 amide bonds. The van der Waals surface area contributed by atoms with E-state index >= 15 is 0 Å². The number of rotatable bonds is 6. The number of methoxy groups -OCH3 is 1. The van der Waals surface area contributed by atoms with Crippen molar-refractivity contribution >= 4 is 34.8 Å². The Morgan fingerprint density at radius 3 is 2.19 bits per heavy atom. The fourth-order valence-electron chi connectivity index (χ4n) is 2.97. The highest BCUT2D eigenvalue weighted by Gasteiger charge is 2.14. The third-order valence-electron chi connectivity index (χ3n) is 4.63. The number of thiocarbonyl (C=S) groups is 1. The van der Waals surface area contributed by atoms with Gasteiger partial charge in [0.25, 0.3) is 11.8 Å². The van der Waals surface area contributed by atoms with Crippen LogP contribution in [0.3, 0.4) is 0 Å². The van der Waals surface area contributed by atoms with Crippen LogP contribution in [0.2, 0.25) is 0 Å². The van der Waals surface area contributed by atoms with E-state index in [1.54, 1.807) is 48.5 Å². The van der Waals surface area contributed by atoms with Crippen molar-refractivity contribution in [2.45, 2.75) is 13.0 Å². The first-order valence-corrected chi connectivity index (χ1v) is 10.1. The number of hydrogen-bond donors (Lipinski definition) is 3. The Hall–Kier alpha value is -3.71. The fraction of sp³-hybridized carbons (Fsp3) is 0.125. The highest BCUT2D eigenvalue weighted by Crippen LogP contribution is 2.17. The first-order chi connectivity index (χ1) is 15.0. The summed E-state index contributed by atoms with van der Waals surface area (Å²) < 4.78 is 5.20. The molecular formula is C24H23N3O3S. The van der Waals surface area contributed by atoms with Crippen LogP contribution in [0.15, 0.2) is 78.9 Å². The van der Waals surface area contributed by atoms with E-state index in [-0.39, 0.29) is 23.0 Å². The molecule has 3 N–H and O–H groups in total. The van der Waals surface area contributed by atoms with Crippen molar-refractivity contribution in [3.63, 3.8) is 0 Å². The van der Waals surface area contributed by atoms with Gasteiger partial charge in [0.2, 0.25) is 0 Å². The number of para-hydroxylation sites is 1. The average molecular weight is 434 g/mol. The minimum absolute atomic E-state index is 0.107. The van der Waals surface area contributed by atoms with E-state index in [1.807, 2.05) is 37.3 Å².